The van der Waals surface area contributed by atoms with E-state index in [0.717, 1.165) is 4.90 Å². The van der Waals surface area contributed by atoms with Crippen molar-refractivity contribution in [3.63, 3.8) is 0 Å². The fourth-order valence-electron chi connectivity index (χ4n) is 3.33. The van der Waals surface area contributed by atoms with Crippen molar-refractivity contribution < 1.29 is 14.0 Å². The number of aromatic nitrogens is 2. The van der Waals surface area contributed by atoms with E-state index in [9.17, 15) is 23.6 Å². The van der Waals surface area contributed by atoms with Crippen molar-refractivity contribution in [3.05, 3.63) is 62.6 Å². The molecule has 0 atom stereocenters. The summed E-state index contributed by atoms with van der Waals surface area (Å²) >= 11 is 0. The topological polar surface area (TPSA) is 121 Å². The predicted octanol–water partition coefficient (Wildman–Crippen LogP) is 2.07. The van der Waals surface area contributed by atoms with Gasteiger partial charge in [-0.25, -0.2) is 9.18 Å². The van der Waals surface area contributed by atoms with Gasteiger partial charge in [0.05, 0.1) is 0 Å². The number of amides is 2. The van der Waals surface area contributed by atoms with Crippen molar-refractivity contribution in [1.82, 2.24) is 14.5 Å². The van der Waals surface area contributed by atoms with Crippen LogP contribution in [0, 0.1) is 17.7 Å². The predicted molar refractivity (Wildman–Crippen MR) is 131 cm³/mol. The van der Waals surface area contributed by atoms with Crippen LogP contribution in [0.2, 0.25) is 0 Å². The van der Waals surface area contributed by atoms with Crippen LogP contribution < -0.4 is 21.9 Å². The second-order valence-corrected chi connectivity index (χ2v) is 8.94. The number of carbonyl (C=O) groups is 2. The molecular weight excluding hydrogens is 441 g/mol. The van der Waals surface area contributed by atoms with Crippen molar-refractivity contribution in [2.24, 2.45) is 11.8 Å². The molecule has 1 heterocycles. The van der Waals surface area contributed by atoms with E-state index < -0.39 is 28.9 Å². The Bertz CT molecular complexity index is 1180. The Morgan fingerprint density at radius 2 is 1.79 bits per heavy atom. The molecule has 3 N–H and O–H groups in total. The van der Waals surface area contributed by atoms with Crippen LogP contribution in [0.5, 0.6) is 0 Å². The molecule has 0 unspecified atom stereocenters. The van der Waals surface area contributed by atoms with Gasteiger partial charge in [-0.05, 0) is 24.0 Å². The Hall–Kier alpha value is -3.69. The molecule has 34 heavy (non-hydrogen) atoms. The second kappa shape index (κ2) is 11.4. The molecule has 2 rings (SSSR count). The summed E-state index contributed by atoms with van der Waals surface area (Å²) in [5.74, 6) is -1.61. The van der Waals surface area contributed by atoms with Crippen LogP contribution in [-0.4, -0.2) is 46.4 Å². The number of hydrogen-bond donors (Lipinski definition) is 2. The average Bonchev–Trinajstić information content (AvgIpc) is 2.74. The first kappa shape index (κ1) is 26.6. The van der Waals surface area contributed by atoms with Crippen LogP contribution in [0.15, 0.2) is 39.9 Å². The third kappa shape index (κ3) is 6.66. The number of nitrogen functional groups attached to an aromatic ring is 1. The summed E-state index contributed by atoms with van der Waals surface area (Å²) in [6.45, 7) is 7.57. The van der Waals surface area contributed by atoms with Crippen molar-refractivity contribution >= 4 is 29.4 Å². The number of carbonyl (C=O) groups excluding carboxylic acids is 2. The molecule has 0 spiro atoms. The fraction of sp³-hybridized carbons (Fsp3) is 0.417. The molecule has 0 fully saturated rings. The van der Waals surface area contributed by atoms with Gasteiger partial charge in [0.15, 0.2) is 5.69 Å². The van der Waals surface area contributed by atoms with Crippen molar-refractivity contribution in [3.8, 4) is 0 Å². The van der Waals surface area contributed by atoms with E-state index in [4.69, 9.17) is 5.73 Å². The Labute approximate surface area is 197 Å². The minimum atomic E-state index is -0.773. The molecular formula is C24H32FN5O4. The standard InChI is InChI=1S/C24H32FN5O4/c1-15(2)12-29(21-22(26)30(13-16(3)4)24(34)27-23(21)33)20(32)14-28(5)19(31)11-10-17-8-6-7-9-18(17)25/h6-11,15-16H,12-14,26H2,1-5H3,(H,27,33,34)/b11-10+. The van der Waals surface area contributed by atoms with E-state index in [1.54, 1.807) is 12.1 Å². The van der Waals surface area contributed by atoms with Gasteiger partial charge in [0.1, 0.15) is 18.2 Å². The lowest BCUT2D eigenvalue weighted by Gasteiger charge is -2.28. The number of halogens is 1. The van der Waals surface area contributed by atoms with E-state index in [1.165, 1.54) is 40.8 Å². The first-order valence-electron chi connectivity index (χ1n) is 11.0. The number of likely N-dealkylation sites (N-methyl/N-ethyl adjacent to an activating group) is 1. The third-order valence-corrected chi connectivity index (χ3v) is 4.94. The lowest BCUT2D eigenvalue weighted by atomic mass is 10.2. The molecule has 2 aromatic rings. The van der Waals surface area contributed by atoms with Gasteiger partial charge in [-0.2, -0.15) is 0 Å². The highest BCUT2D eigenvalue weighted by Gasteiger charge is 2.26. The van der Waals surface area contributed by atoms with Gasteiger partial charge < -0.3 is 15.5 Å². The van der Waals surface area contributed by atoms with Crippen LogP contribution in [0.4, 0.5) is 15.9 Å². The van der Waals surface area contributed by atoms with Gasteiger partial charge in [-0.15, -0.1) is 0 Å². The van der Waals surface area contributed by atoms with Crippen LogP contribution in [0.25, 0.3) is 6.08 Å². The van der Waals surface area contributed by atoms with Gasteiger partial charge in [0.2, 0.25) is 11.8 Å². The zero-order valence-corrected chi connectivity index (χ0v) is 20.2. The number of H-pyrrole nitrogens is 1. The van der Waals surface area contributed by atoms with E-state index in [2.05, 4.69) is 4.98 Å². The van der Waals surface area contributed by atoms with E-state index >= 15 is 0 Å². The summed E-state index contributed by atoms with van der Waals surface area (Å²) in [5, 5.41) is 0. The minimum Gasteiger partial charge on any atom is -0.383 e. The van der Waals surface area contributed by atoms with Gasteiger partial charge in [-0.1, -0.05) is 45.9 Å². The molecule has 1 aromatic heterocycles. The molecule has 0 aliphatic rings. The summed E-state index contributed by atoms with van der Waals surface area (Å²) in [6, 6.07) is 5.99. The molecule has 0 saturated carbocycles. The highest BCUT2D eigenvalue weighted by atomic mass is 19.1. The van der Waals surface area contributed by atoms with Crippen molar-refractivity contribution in [1.29, 1.82) is 0 Å². The lowest BCUT2D eigenvalue weighted by molar-refractivity contribution is -0.130. The van der Waals surface area contributed by atoms with E-state index in [1.807, 2.05) is 27.7 Å². The molecule has 0 saturated heterocycles. The summed E-state index contributed by atoms with van der Waals surface area (Å²) in [4.78, 5) is 55.2. The Kier molecular flexibility index (Phi) is 8.94. The zero-order chi connectivity index (χ0) is 25.6. The number of nitrogens with zero attached hydrogens (tertiary/aromatic N) is 3. The molecule has 1 aromatic carbocycles. The summed E-state index contributed by atoms with van der Waals surface area (Å²) in [7, 11) is 1.42. The smallest absolute Gasteiger partial charge is 0.330 e. The molecule has 9 nitrogen and oxygen atoms in total. The highest BCUT2D eigenvalue weighted by molar-refractivity contribution is 6.00. The number of anilines is 2. The summed E-state index contributed by atoms with van der Waals surface area (Å²) in [6.07, 6.45) is 2.50. The number of nitrogens with one attached hydrogen (secondary N) is 1. The van der Waals surface area contributed by atoms with Gasteiger partial charge >= 0.3 is 5.69 Å². The summed E-state index contributed by atoms with van der Waals surface area (Å²) in [5.41, 5.74) is 4.88. The Balaban J connectivity index is 2.33. The maximum Gasteiger partial charge on any atom is 0.330 e. The number of benzene rings is 1. The maximum atomic E-state index is 13.8. The zero-order valence-electron chi connectivity index (χ0n) is 20.2. The third-order valence-electron chi connectivity index (χ3n) is 4.94. The van der Waals surface area contributed by atoms with Gasteiger partial charge in [-0.3, -0.25) is 23.9 Å². The van der Waals surface area contributed by atoms with E-state index in [-0.39, 0.29) is 48.5 Å². The van der Waals surface area contributed by atoms with Crippen molar-refractivity contribution in [2.45, 2.75) is 34.2 Å². The summed E-state index contributed by atoms with van der Waals surface area (Å²) < 4.78 is 15.0. The molecule has 0 bridgehead atoms. The molecule has 0 radical (unpaired) electrons. The monoisotopic (exact) mass is 473 g/mol. The molecule has 0 aliphatic heterocycles. The second-order valence-electron chi connectivity index (χ2n) is 8.94. The first-order chi connectivity index (χ1) is 15.9. The Morgan fingerprint density at radius 3 is 2.38 bits per heavy atom. The molecule has 10 heteroatoms. The quantitative estimate of drug-likeness (QED) is 0.540. The molecule has 184 valence electrons. The van der Waals surface area contributed by atoms with Gasteiger partial charge in [0, 0.05) is 31.8 Å². The van der Waals surface area contributed by atoms with Crippen molar-refractivity contribution in [2.75, 3.05) is 30.8 Å². The molecule has 2 amide bonds. The van der Waals surface area contributed by atoms with E-state index in [0.29, 0.717) is 0 Å². The number of aromatic amines is 1. The Morgan fingerprint density at radius 1 is 1.15 bits per heavy atom. The first-order valence-corrected chi connectivity index (χ1v) is 11.0. The number of rotatable bonds is 9. The average molecular weight is 474 g/mol. The normalized spacial score (nSPS) is 11.4. The van der Waals surface area contributed by atoms with Gasteiger partial charge in [0.25, 0.3) is 5.56 Å². The fourth-order valence-corrected chi connectivity index (χ4v) is 3.33. The van der Waals surface area contributed by atoms with Crippen LogP contribution >= 0.6 is 0 Å². The largest absolute Gasteiger partial charge is 0.383 e. The highest BCUT2D eigenvalue weighted by Crippen LogP contribution is 2.19. The maximum absolute atomic E-state index is 13.8. The lowest BCUT2D eigenvalue weighted by Crippen LogP contribution is -2.46. The number of hydrogen-bond acceptors (Lipinski definition) is 5. The SMILES string of the molecule is CC(C)CN(C(=O)CN(C)C(=O)/C=C/c1ccccc1F)c1c(N)n(CC(C)C)c(=O)[nH]c1=O. The van der Waals surface area contributed by atoms with Crippen LogP contribution in [0.3, 0.4) is 0 Å². The minimum absolute atomic E-state index is 0.0322. The molecule has 0 aliphatic carbocycles. The number of nitrogens with two attached hydrogens (primary N) is 1. The van der Waals surface area contributed by atoms with Crippen LogP contribution in [0.1, 0.15) is 33.3 Å². The van der Waals surface area contributed by atoms with Crippen LogP contribution in [-0.2, 0) is 16.1 Å².